The highest BCUT2D eigenvalue weighted by molar-refractivity contribution is 6.74. The molecule has 0 aromatic carbocycles. The van der Waals surface area contributed by atoms with Crippen molar-refractivity contribution in [3.8, 4) is 0 Å². The summed E-state index contributed by atoms with van der Waals surface area (Å²) in [5, 5.41) is 0.291. The maximum Gasteiger partial charge on any atom is 0.191 e. The summed E-state index contributed by atoms with van der Waals surface area (Å²) in [7, 11) is -1.58. The third kappa shape index (κ3) is 6.97. The first-order chi connectivity index (χ1) is 8.62. The molecule has 0 aromatic rings. The second-order valence-corrected chi connectivity index (χ2v) is 11.6. The van der Waals surface area contributed by atoms with Crippen LogP contribution in [-0.2, 0) is 9.16 Å². The molecule has 0 fully saturated rings. The van der Waals surface area contributed by atoms with Crippen molar-refractivity contribution in [2.75, 3.05) is 6.61 Å². The van der Waals surface area contributed by atoms with E-state index in [-0.39, 0.29) is 6.10 Å². The third-order valence-corrected chi connectivity index (χ3v) is 8.48. The molecule has 0 saturated heterocycles. The fraction of sp³-hybridized carbons (Fsp3) is 0.750. The Morgan fingerprint density at radius 2 is 1.84 bits per heavy atom. The maximum absolute atomic E-state index is 6.15. The third-order valence-electron chi connectivity index (χ3n) is 3.94. The lowest BCUT2D eigenvalue weighted by Gasteiger charge is -2.36. The molecule has 0 N–H and O–H groups in total. The van der Waals surface area contributed by atoms with Gasteiger partial charge in [0.2, 0.25) is 0 Å². The van der Waals surface area contributed by atoms with Gasteiger partial charge in [0, 0.05) is 6.61 Å². The molecule has 2 nitrogen and oxygen atoms in total. The Hall–Kier alpha value is -0.543. The molecular weight excluding hydrogens is 252 g/mol. The molecule has 0 aromatic heterocycles. The number of hydrogen-bond donors (Lipinski definition) is 0. The van der Waals surface area contributed by atoms with Crippen molar-refractivity contribution in [2.45, 2.75) is 71.2 Å². The zero-order valence-electron chi connectivity index (χ0n) is 13.7. The van der Waals surface area contributed by atoms with Crippen LogP contribution in [0.15, 0.2) is 25.0 Å². The van der Waals surface area contributed by atoms with Gasteiger partial charge in [-0.05, 0) is 49.9 Å². The van der Waals surface area contributed by atoms with Gasteiger partial charge in [-0.3, -0.25) is 0 Å². The Balaban J connectivity index is 3.93. The van der Waals surface area contributed by atoms with Crippen molar-refractivity contribution in [1.29, 1.82) is 0 Å². The van der Waals surface area contributed by atoms with Gasteiger partial charge in [-0.25, -0.2) is 0 Å². The topological polar surface area (TPSA) is 18.5 Å². The quantitative estimate of drug-likeness (QED) is 0.248. The predicted molar refractivity (Wildman–Crippen MR) is 86.9 cm³/mol. The summed E-state index contributed by atoms with van der Waals surface area (Å²) in [4.78, 5) is 0. The first-order valence-corrected chi connectivity index (χ1v) is 10.1. The molecule has 0 aliphatic rings. The minimum atomic E-state index is -1.58. The van der Waals surface area contributed by atoms with Gasteiger partial charge in [-0.2, -0.15) is 0 Å². The lowest BCUT2D eigenvalue weighted by molar-refractivity contribution is 0.162. The van der Waals surface area contributed by atoms with E-state index in [4.69, 9.17) is 9.16 Å². The number of unbranched alkanes of at least 4 members (excludes halogenated alkanes) is 1. The minimum Gasteiger partial charge on any atom is -0.494 e. The average Bonchev–Trinajstić information content (AvgIpc) is 2.25. The first-order valence-electron chi connectivity index (χ1n) is 7.17. The van der Waals surface area contributed by atoms with Crippen LogP contribution >= 0.6 is 0 Å². The molecule has 1 atom stereocenters. The highest BCUT2D eigenvalue weighted by Gasteiger charge is 2.36. The first kappa shape index (κ1) is 18.5. The molecule has 0 rings (SSSR count). The van der Waals surface area contributed by atoms with Crippen molar-refractivity contribution in [2.24, 2.45) is 0 Å². The van der Waals surface area contributed by atoms with Crippen LogP contribution in [0.3, 0.4) is 0 Å². The predicted octanol–water partition coefficient (Wildman–Crippen LogP) is 5.28. The van der Waals surface area contributed by atoms with Crippen molar-refractivity contribution >= 4 is 8.32 Å². The van der Waals surface area contributed by atoms with Crippen molar-refractivity contribution < 1.29 is 9.16 Å². The Labute approximate surface area is 121 Å². The number of ether oxygens (including phenoxy) is 1. The lowest BCUT2D eigenvalue weighted by atomic mass is 10.1. The van der Waals surface area contributed by atoms with E-state index in [9.17, 15) is 0 Å². The molecule has 1 unspecified atom stereocenters. The van der Waals surface area contributed by atoms with Crippen LogP contribution in [-0.4, -0.2) is 21.0 Å². The summed E-state index contributed by atoms with van der Waals surface area (Å²) in [5.41, 5.74) is 1.06. The largest absolute Gasteiger partial charge is 0.494 e. The van der Waals surface area contributed by atoms with Crippen LogP contribution in [0.2, 0.25) is 18.1 Å². The van der Waals surface area contributed by atoms with Gasteiger partial charge < -0.3 is 9.16 Å². The van der Waals surface area contributed by atoms with Crippen LogP contribution in [0.4, 0.5) is 0 Å². The monoisotopic (exact) mass is 284 g/mol. The van der Waals surface area contributed by atoms with Gasteiger partial charge in [-0.15, -0.1) is 0 Å². The van der Waals surface area contributed by atoms with Crippen molar-refractivity contribution in [3.63, 3.8) is 0 Å². The number of hydrogen-bond acceptors (Lipinski definition) is 2. The fourth-order valence-electron chi connectivity index (χ4n) is 1.52. The molecule has 0 aliphatic carbocycles. The van der Waals surface area contributed by atoms with Crippen LogP contribution in [0.25, 0.3) is 0 Å². The molecular formula is C16H32O2Si. The van der Waals surface area contributed by atoms with Gasteiger partial charge in [0.15, 0.2) is 8.32 Å². The van der Waals surface area contributed by atoms with Gasteiger partial charge >= 0.3 is 0 Å². The zero-order valence-corrected chi connectivity index (χ0v) is 14.7. The zero-order chi connectivity index (χ0) is 15.1. The van der Waals surface area contributed by atoms with E-state index in [1.807, 2.05) is 6.92 Å². The molecule has 0 radical (unpaired) electrons. The van der Waals surface area contributed by atoms with E-state index in [1.54, 1.807) is 0 Å². The normalized spacial score (nSPS) is 14.0. The van der Waals surface area contributed by atoms with Crippen LogP contribution in [0.5, 0.6) is 0 Å². The van der Waals surface area contributed by atoms with E-state index in [0.29, 0.717) is 5.04 Å². The standard InChI is InChI=1S/C16H32O2Si/c1-9-17-15(14(2)3)12-10-11-13-18-19(7,8)16(4,5)6/h9,15H,1-2,10-13H2,3-8H3. The Morgan fingerprint density at radius 3 is 2.26 bits per heavy atom. The summed E-state index contributed by atoms with van der Waals surface area (Å²) < 4.78 is 11.6. The summed E-state index contributed by atoms with van der Waals surface area (Å²) >= 11 is 0. The summed E-state index contributed by atoms with van der Waals surface area (Å²) in [6, 6.07) is 0. The van der Waals surface area contributed by atoms with Crippen molar-refractivity contribution in [1.82, 2.24) is 0 Å². The van der Waals surface area contributed by atoms with E-state index in [1.165, 1.54) is 6.26 Å². The Bertz CT molecular complexity index is 290. The molecule has 0 amide bonds. The Morgan fingerprint density at radius 1 is 1.26 bits per heavy atom. The molecule has 112 valence electrons. The van der Waals surface area contributed by atoms with E-state index >= 15 is 0 Å². The second kappa shape index (κ2) is 7.90. The summed E-state index contributed by atoms with van der Waals surface area (Å²) in [6.07, 6.45) is 4.77. The van der Waals surface area contributed by atoms with Gasteiger partial charge in [0.25, 0.3) is 0 Å². The highest BCUT2D eigenvalue weighted by atomic mass is 28.4. The molecule has 3 heteroatoms. The SMILES string of the molecule is C=COC(CCCCO[Si](C)(C)C(C)(C)C)C(=C)C. The fourth-order valence-corrected chi connectivity index (χ4v) is 2.61. The molecule has 0 bridgehead atoms. The smallest absolute Gasteiger partial charge is 0.191 e. The van der Waals surface area contributed by atoms with Gasteiger partial charge in [0.1, 0.15) is 6.10 Å². The minimum absolute atomic E-state index is 0.102. The van der Waals surface area contributed by atoms with Gasteiger partial charge in [-0.1, -0.05) is 33.9 Å². The molecule has 0 spiro atoms. The van der Waals surface area contributed by atoms with Crippen LogP contribution in [0.1, 0.15) is 47.0 Å². The number of rotatable bonds is 9. The molecule has 0 saturated carbocycles. The summed E-state index contributed by atoms with van der Waals surface area (Å²) in [5.74, 6) is 0. The molecule has 0 heterocycles. The van der Waals surface area contributed by atoms with Crippen LogP contribution < -0.4 is 0 Å². The van der Waals surface area contributed by atoms with Crippen LogP contribution in [0, 0.1) is 0 Å². The van der Waals surface area contributed by atoms with Gasteiger partial charge in [0.05, 0.1) is 6.26 Å². The average molecular weight is 285 g/mol. The van der Waals surface area contributed by atoms with E-state index in [2.05, 4.69) is 47.0 Å². The second-order valence-electron chi connectivity index (χ2n) is 6.74. The van der Waals surface area contributed by atoms with Crippen molar-refractivity contribution in [3.05, 3.63) is 25.0 Å². The van der Waals surface area contributed by atoms with E-state index < -0.39 is 8.32 Å². The molecule has 19 heavy (non-hydrogen) atoms. The van der Waals surface area contributed by atoms with E-state index in [0.717, 1.165) is 31.4 Å². The molecule has 0 aliphatic heterocycles. The summed E-state index contributed by atoms with van der Waals surface area (Å²) in [6.45, 7) is 21.8. The lowest BCUT2D eigenvalue weighted by Crippen LogP contribution is -2.40. The maximum atomic E-state index is 6.15. The Kier molecular flexibility index (Phi) is 7.68. The highest BCUT2D eigenvalue weighted by Crippen LogP contribution is 2.36.